The molecule has 0 radical (unpaired) electrons. The first-order valence-electron chi connectivity index (χ1n) is 18.3. The largest absolute Gasteiger partial charge is 0.264 e. The number of aromatic nitrogens is 10. The quantitative estimate of drug-likeness (QED) is 0.153. The Morgan fingerprint density at radius 2 is 0.732 bits per heavy atom. The molecule has 0 aliphatic rings. The van der Waals surface area contributed by atoms with Crippen molar-refractivity contribution in [2.45, 2.75) is 26.2 Å². The number of hydrogen-bond donors (Lipinski definition) is 0. The van der Waals surface area contributed by atoms with Crippen molar-refractivity contribution in [2.24, 2.45) is 0 Å². The zero-order valence-corrected chi connectivity index (χ0v) is 30.8. The molecule has 0 amide bonds. The summed E-state index contributed by atoms with van der Waals surface area (Å²) in [6, 6.07) is 30.8. The third-order valence-electron chi connectivity index (χ3n) is 10.0. The van der Waals surface area contributed by atoms with E-state index in [0.29, 0.717) is 34.9 Å². The lowest BCUT2D eigenvalue weighted by Gasteiger charge is -2.22. The van der Waals surface area contributed by atoms with E-state index in [1.807, 2.05) is 48.5 Å². The predicted molar refractivity (Wildman–Crippen MR) is 219 cm³/mol. The van der Waals surface area contributed by atoms with Crippen LogP contribution in [0.1, 0.15) is 26.3 Å². The standard InChI is InChI=1S/C46H32N10/c1-46(2,3)33-20-27-12-14-34-36(44-53-40(29-8-4-16-47-23-29)51-41(54-44)30-9-5-17-48-24-30)22-37(35-15-13-28(21-33)38(27)39(34)35)45-55-42(31-10-6-18-49-25-31)52-43(56-45)32-11-7-19-50-26-32/h4-26H,1-3H3. The first-order chi connectivity index (χ1) is 27.4. The molecule has 0 aliphatic heterocycles. The maximum Gasteiger partial charge on any atom is 0.165 e. The number of nitrogens with zero attached hydrogens (tertiary/aromatic N) is 10. The Labute approximate surface area is 321 Å². The molecule has 0 saturated heterocycles. The third-order valence-corrected chi connectivity index (χ3v) is 10.0. The Hall–Kier alpha value is -7.46. The molecule has 10 aromatic rings. The van der Waals surface area contributed by atoms with Crippen LogP contribution in [0, 0.1) is 0 Å². The minimum Gasteiger partial charge on any atom is -0.264 e. The van der Waals surface area contributed by atoms with Crippen molar-refractivity contribution in [3.8, 4) is 68.3 Å². The van der Waals surface area contributed by atoms with Crippen LogP contribution in [0.25, 0.3) is 101 Å². The molecule has 10 nitrogen and oxygen atoms in total. The third kappa shape index (κ3) is 5.84. The van der Waals surface area contributed by atoms with Crippen LogP contribution in [0.4, 0.5) is 0 Å². The van der Waals surface area contributed by atoms with Crippen molar-refractivity contribution in [3.05, 3.63) is 146 Å². The van der Waals surface area contributed by atoms with Crippen LogP contribution < -0.4 is 0 Å². The van der Waals surface area contributed by atoms with Crippen LogP contribution in [0.3, 0.4) is 0 Å². The summed E-state index contributed by atoms with van der Waals surface area (Å²) in [5.41, 5.74) is 5.94. The van der Waals surface area contributed by atoms with E-state index in [-0.39, 0.29) is 5.41 Å². The minimum atomic E-state index is -0.0344. The van der Waals surface area contributed by atoms with Gasteiger partial charge in [0.25, 0.3) is 0 Å². The van der Waals surface area contributed by atoms with Crippen molar-refractivity contribution in [1.82, 2.24) is 49.8 Å². The van der Waals surface area contributed by atoms with E-state index in [0.717, 1.165) is 65.7 Å². The summed E-state index contributed by atoms with van der Waals surface area (Å²) >= 11 is 0. The molecule has 0 spiro atoms. The molecule has 6 heterocycles. The molecule has 266 valence electrons. The van der Waals surface area contributed by atoms with Crippen LogP contribution >= 0.6 is 0 Å². The van der Waals surface area contributed by atoms with Gasteiger partial charge in [0.05, 0.1) is 0 Å². The lowest BCUT2D eigenvalue weighted by Crippen LogP contribution is -2.10. The second-order valence-electron chi connectivity index (χ2n) is 14.7. The van der Waals surface area contributed by atoms with E-state index >= 15 is 0 Å². The van der Waals surface area contributed by atoms with Gasteiger partial charge in [0.2, 0.25) is 0 Å². The molecular formula is C46H32N10. The molecule has 10 heteroatoms. The smallest absolute Gasteiger partial charge is 0.165 e. The average molecular weight is 725 g/mol. The van der Waals surface area contributed by atoms with E-state index in [2.05, 4.69) is 83.2 Å². The maximum atomic E-state index is 5.14. The Morgan fingerprint density at radius 3 is 1.05 bits per heavy atom. The van der Waals surface area contributed by atoms with Gasteiger partial charge in [-0.1, -0.05) is 57.2 Å². The lowest BCUT2D eigenvalue weighted by atomic mass is 9.82. The SMILES string of the molecule is CC(C)(C)c1cc2ccc3c(-c4nc(-c5cccnc5)nc(-c5cccnc5)n4)cc(-c4nc(-c5cccnc5)nc(-c5cccnc5)n4)c4ccc(c1)c2c34. The second-order valence-corrected chi connectivity index (χ2v) is 14.7. The highest BCUT2D eigenvalue weighted by atomic mass is 15.0. The molecule has 6 aromatic heterocycles. The van der Waals surface area contributed by atoms with E-state index in [1.54, 1.807) is 49.6 Å². The van der Waals surface area contributed by atoms with E-state index in [4.69, 9.17) is 29.9 Å². The zero-order chi connectivity index (χ0) is 37.8. The van der Waals surface area contributed by atoms with Gasteiger partial charge in [-0.25, -0.2) is 29.9 Å². The summed E-state index contributed by atoms with van der Waals surface area (Å²) < 4.78 is 0. The summed E-state index contributed by atoms with van der Waals surface area (Å²) in [7, 11) is 0. The van der Waals surface area contributed by atoms with Crippen molar-refractivity contribution in [1.29, 1.82) is 0 Å². The Bertz CT molecular complexity index is 2730. The Kier molecular flexibility index (Phi) is 7.77. The van der Waals surface area contributed by atoms with E-state index in [1.165, 1.54) is 5.56 Å². The fourth-order valence-electron chi connectivity index (χ4n) is 7.21. The number of rotatable bonds is 6. The first-order valence-corrected chi connectivity index (χ1v) is 18.3. The molecule has 0 aliphatic carbocycles. The van der Waals surface area contributed by atoms with Gasteiger partial charge in [0.1, 0.15) is 0 Å². The highest BCUT2D eigenvalue weighted by molar-refractivity contribution is 6.28. The molecule has 0 N–H and O–H groups in total. The monoisotopic (exact) mass is 724 g/mol. The molecule has 0 unspecified atom stereocenters. The molecule has 0 saturated carbocycles. The summed E-state index contributed by atoms with van der Waals surface area (Å²) in [5, 5.41) is 6.53. The molecule has 10 rings (SSSR count). The fraction of sp³-hybridized carbons (Fsp3) is 0.0870. The van der Waals surface area contributed by atoms with Crippen LogP contribution in [0.2, 0.25) is 0 Å². The molecule has 56 heavy (non-hydrogen) atoms. The van der Waals surface area contributed by atoms with Gasteiger partial charge in [-0.3, -0.25) is 19.9 Å². The van der Waals surface area contributed by atoms with Crippen molar-refractivity contribution in [3.63, 3.8) is 0 Å². The highest BCUT2D eigenvalue weighted by Crippen LogP contribution is 2.44. The maximum absolute atomic E-state index is 5.14. The molecular weight excluding hydrogens is 693 g/mol. The van der Waals surface area contributed by atoms with Crippen LogP contribution in [0.5, 0.6) is 0 Å². The summed E-state index contributed by atoms with van der Waals surface area (Å²) in [4.78, 5) is 47.9. The average Bonchev–Trinajstić information content (AvgIpc) is 3.25. The van der Waals surface area contributed by atoms with Crippen molar-refractivity contribution >= 4 is 32.3 Å². The van der Waals surface area contributed by atoms with Gasteiger partial charge in [0, 0.05) is 83.0 Å². The van der Waals surface area contributed by atoms with Gasteiger partial charge < -0.3 is 0 Å². The lowest BCUT2D eigenvalue weighted by molar-refractivity contribution is 0.591. The molecule has 0 atom stereocenters. The van der Waals surface area contributed by atoms with Crippen LogP contribution in [0.15, 0.2) is 141 Å². The minimum absolute atomic E-state index is 0.0344. The summed E-state index contributed by atoms with van der Waals surface area (Å²) in [6.07, 6.45) is 14.0. The van der Waals surface area contributed by atoms with Gasteiger partial charge in [-0.15, -0.1) is 0 Å². The summed E-state index contributed by atoms with van der Waals surface area (Å²) in [5.74, 6) is 3.01. The molecule has 4 aromatic carbocycles. The van der Waals surface area contributed by atoms with Gasteiger partial charge in [-0.05, 0) is 97.9 Å². The normalized spacial score (nSPS) is 11.8. The number of hydrogen-bond acceptors (Lipinski definition) is 10. The first kappa shape index (κ1) is 33.1. The predicted octanol–water partition coefficient (Wildman–Crippen LogP) is 9.83. The van der Waals surface area contributed by atoms with E-state index < -0.39 is 0 Å². The zero-order valence-electron chi connectivity index (χ0n) is 30.8. The van der Waals surface area contributed by atoms with Gasteiger partial charge in [-0.2, -0.15) is 0 Å². The van der Waals surface area contributed by atoms with Gasteiger partial charge >= 0.3 is 0 Å². The fourth-order valence-corrected chi connectivity index (χ4v) is 7.21. The Balaban J connectivity index is 1.32. The Morgan fingerprint density at radius 1 is 0.375 bits per heavy atom. The molecule has 0 bridgehead atoms. The molecule has 0 fully saturated rings. The summed E-state index contributed by atoms with van der Waals surface area (Å²) in [6.45, 7) is 6.74. The topological polar surface area (TPSA) is 129 Å². The van der Waals surface area contributed by atoms with Gasteiger partial charge in [0.15, 0.2) is 34.9 Å². The van der Waals surface area contributed by atoms with Crippen LogP contribution in [-0.2, 0) is 5.41 Å². The van der Waals surface area contributed by atoms with Crippen molar-refractivity contribution < 1.29 is 0 Å². The number of pyridine rings is 4. The van der Waals surface area contributed by atoms with Crippen molar-refractivity contribution in [2.75, 3.05) is 0 Å². The number of benzene rings is 4. The van der Waals surface area contributed by atoms with Crippen LogP contribution in [-0.4, -0.2) is 49.8 Å². The highest BCUT2D eigenvalue weighted by Gasteiger charge is 2.24. The second kappa shape index (κ2) is 13.1. The van der Waals surface area contributed by atoms with E-state index in [9.17, 15) is 0 Å².